The summed E-state index contributed by atoms with van der Waals surface area (Å²) in [6, 6.07) is 5.48. The molecule has 2 amide bonds. The predicted molar refractivity (Wildman–Crippen MR) is 169 cm³/mol. The molecule has 0 unspecified atom stereocenters. The van der Waals surface area contributed by atoms with Crippen molar-refractivity contribution < 1.29 is 36.6 Å². The Balaban J connectivity index is 1.20. The fourth-order valence-electron chi connectivity index (χ4n) is 6.55. The van der Waals surface area contributed by atoms with Gasteiger partial charge in [-0.3, -0.25) is 14.6 Å². The number of aliphatic imine (C=N–C) groups is 1. The molecule has 258 valence electrons. The van der Waals surface area contributed by atoms with E-state index in [2.05, 4.69) is 20.3 Å². The molecule has 15 heteroatoms. The van der Waals surface area contributed by atoms with Gasteiger partial charge in [0, 0.05) is 35.8 Å². The van der Waals surface area contributed by atoms with E-state index in [0.29, 0.717) is 52.4 Å². The van der Waals surface area contributed by atoms with Gasteiger partial charge in [-0.1, -0.05) is 0 Å². The van der Waals surface area contributed by atoms with E-state index in [1.807, 2.05) is 11.0 Å². The molecule has 2 aliphatic carbocycles. The summed E-state index contributed by atoms with van der Waals surface area (Å²) in [5.41, 5.74) is 6.30. The van der Waals surface area contributed by atoms with Crippen LogP contribution in [0.4, 0.5) is 23.2 Å². The molecule has 4 heterocycles. The Bertz CT molecular complexity index is 1870. The molecular formula is C34H35F4N7O4. The summed E-state index contributed by atoms with van der Waals surface area (Å²) in [5, 5.41) is 2.83. The summed E-state index contributed by atoms with van der Waals surface area (Å²) in [5.74, 6) is -0.935. The maximum absolute atomic E-state index is 16.0. The number of nitrogens with two attached hydrogens (primary N) is 1. The van der Waals surface area contributed by atoms with Crippen LogP contribution < -0.4 is 20.7 Å². The van der Waals surface area contributed by atoms with Crippen LogP contribution >= 0.6 is 0 Å². The van der Waals surface area contributed by atoms with Gasteiger partial charge in [-0.15, -0.1) is 0 Å². The van der Waals surface area contributed by atoms with Crippen molar-refractivity contribution in [1.29, 1.82) is 0 Å². The topological polar surface area (TPSA) is 145 Å². The first-order valence-electron chi connectivity index (χ1n) is 16.2. The molecule has 1 aromatic carbocycles. The van der Waals surface area contributed by atoms with Crippen molar-refractivity contribution >= 4 is 23.3 Å². The second-order valence-corrected chi connectivity index (χ2v) is 13.1. The van der Waals surface area contributed by atoms with Crippen LogP contribution in [0.2, 0.25) is 0 Å². The van der Waals surface area contributed by atoms with Crippen molar-refractivity contribution in [2.75, 3.05) is 25.1 Å². The molecule has 1 saturated heterocycles. The van der Waals surface area contributed by atoms with E-state index in [1.165, 1.54) is 19.2 Å². The molecule has 0 bridgehead atoms. The van der Waals surface area contributed by atoms with Crippen molar-refractivity contribution in [1.82, 2.24) is 20.3 Å². The maximum atomic E-state index is 16.0. The fourth-order valence-corrected chi connectivity index (χ4v) is 6.55. The summed E-state index contributed by atoms with van der Waals surface area (Å²) in [7, 11) is 1.42. The van der Waals surface area contributed by atoms with Gasteiger partial charge in [0.1, 0.15) is 28.7 Å². The van der Waals surface area contributed by atoms with Crippen LogP contribution in [0.15, 0.2) is 29.3 Å². The third-order valence-electron chi connectivity index (χ3n) is 9.42. The zero-order chi connectivity index (χ0) is 34.7. The van der Waals surface area contributed by atoms with E-state index in [9.17, 15) is 22.8 Å². The average molecular weight is 682 g/mol. The van der Waals surface area contributed by atoms with Gasteiger partial charge in [-0.25, -0.2) is 14.4 Å². The number of nitrogens with one attached hydrogen (secondary N) is 1. The normalized spacial score (nSPS) is 18.9. The van der Waals surface area contributed by atoms with Gasteiger partial charge in [0.15, 0.2) is 0 Å². The number of methoxy groups -OCH3 is 1. The molecule has 2 aliphatic heterocycles. The van der Waals surface area contributed by atoms with Crippen LogP contribution in [0.5, 0.6) is 5.88 Å². The van der Waals surface area contributed by atoms with Gasteiger partial charge in [-0.05, 0) is 75.3 Å². The van der Waals surface area contributed by atoms with Gasteiger partial charge < -0.3 is 25.4 Å². The molecule has 3 N–H and O–H groups in total. The van der Waals surface area contributed by atoms with E-state index in [0.717, 1.165) is 31.7 Å². The third kappa shape index (κ3) is 6.55. The SMILES string of the molecule is COc1nc(CC(N)=O)nc(C)c1-c1cc(F)c(COC2CC2)c(N2CCC3(CC2)N=C(c2ccc(C(F)(F)F)nc2C2CC2)NC3=O)c1. The lowest BCUT2D eigenvalue weighted by atomic mass is 9.87. The number of anilines is 1. The van der Waals surface area contributed by atoms with Crippen LogP contribution in [-0.4, -0.2) is 64.4 Å². The number of hydrogen-bond acceptors (Lipinski definition) is 9. The standard InChI is InChI=1S/C34H35F4N7O4/c1-17-28(31(48-2)42-27(40-17)15-26(39)46)19-13-23(35)22(16-49-20-5-6-20)24(14-19)45-11-9-33(10-12-45)32(47)43-30(44-33)21-7-8-25(34(36,37)38)41-29(21)18-3-4-18/h7-8,13-14,18,20H,3-6,9-12,15-16H2,1-2H3,(H2,39,46)(H,43,44,47). The molecule has 4 aliphatic rings. The first-order valence-corrected chi connectivity index (χ1v) is 16.2. The summed E-state index contributed by atoms with van der Waals surface area (Å²) in [6.07, 6.45) is -0.826. The minimum Gasteiger partial charge on any atom is -0.480 e. The third-order valence-corrected chi connectivity index (χ3v) is 9.42. The maximum Gasteiger partial charge on any atom is 0.433 e. The number of primary amides is 1. The molecule has 2 aromatic heterocycles. The van der Waals surface area contributed by atoms with Gasteiger partial charge in [0.05, 0.1) is 43.2 Å². The number of hydrogen-bond donors (Lipinski definition) is 2. The molecule has 1 spiro atoms. The highest BCUT2D eigenvalue weighted by Gasteiger charge is 2.47. The lowest BCUT2D eigenvalue weighted by Gasteiger charge is -2.38. The van der Waals surface area contributed by atoms with Crippen molar-refractivity contribution in [3.05, 3.63) is 64.1 Å². The zero-order valence-electron chi connectivity index (χ0n) is 27.0. The number of amidine groups is 1. The lowest BCUT2D eigenvalue weighted by molar-refractivity contribution is -0.141. The highest BCUT2D eigenvalue weighted by molar-refractivity contribution is 6.16. The number of carbonyl (C=O) groups is 2. The number of pyridine rings is 1. The van der Waals surface area contributed by atoms with Gasteiger partial charge in [0.2, 0.25) is 11.8 Å². The van der Waals surface area contributed by atoms with Crippen LogP contribution in [0.3, 0.4) is 0 Å². The van der Waals surface area contributed by atoms with Gasteiger partial charge >= 0.3 is 6.18 Å². The van der Waals surface area contributed by atoms with E-state index in [-0.39, 0.29) is 61.3 Å². The lowest BCUT2D eigenvalue weighted by Crippen LogP contribution is -2.49. The number of ether oxygens (including phenoxy) is 2. The summed E-state index contributed by atoms with van der Waals surface area (Å²) >= 11 is 0. The number of halogens is 4. The molecule has 7 rings (SSSR count). The number of nitrogens with zero attached hydrogens (tertiary/aromatic N) is 5. The molecule has 2 saturated carbocycles. The molecule has 11 nitrogen and oxygen atoms in total. The zero-order valence-corrected chi connectivity index (χ0v) is 27.0. The first kappa shape index (κ1) is 32.9. The summed E-state index contributed by atoms with van der Waals surface area (Å²) in [4.78, 5) is 44.4. The number of rotatable bonds is 10. The molecule has 3 aromatic rings. The van der Waals surface area contributed by atoms with E-state index >= 15 is 4.39 Å². The van der Waals surface area contributed by atoms with Crippen molar-refractivity contribution in [3.8, 4) is 17.0 Å². The van der Waals surface area contributed by atoms with Gasteiger partial charge in [0.25, 0.3) is 5.91 Å². The van der Waals surface area contributed by atoms with Gasteiger partial charge in [-0.2, -0.15) is 18.2 Å². The number of piperidine rings is 1. The smallest absolute Gasteiger partial charge is 0.433 e. The van der Waals surface area contributed by atoms with E-state index < -0.39 is 29.1 Å². The Hall–Kier alpha value is -4.66. The number of benzene rings is 1. The van der Waals surface area contributed by atoms with Crippen LogP contribution in [-0.2, 0) is 33.5 Å². The Kier molecular flexibility index (Phi) is 8.28. The highest BCUT2D eigenvalue weighted by atomic mass is 19.4. The average Bonchev–Trinajstić information content (AvgIpc) is 3.98. The second-order valence-electron chi connectivity index (χ2n) is 13.1. The summed E-state index contributed by atoms with van der Waals surface area (Å²) < 4.78 is 67.8. The van der Waals surface area contributed by atoms with Crippen molar-refractivity contribution in [3.63, 3.8) is 0 Å². The highest BCUT2D eigenvalue weighted by Crippen LogP contribution is 2.44. The second kappa shape index (κ2) is 12.3. The Labute approximate surface area is 279 Å². The Morgan fingerprint density at radius 2 is 1.84 bits per heavy atom. The largest absolute Gasteiger partial charge is 0.480 e. The number of aryl methyl sites for hydroxylation is 1. The molecule has 0 atom stereocenters. The van der Waals surface area contributed by atoms with Crippen LogP contribution in [0.25, 0.3) is 11.1 Å². The quantitative estimate of drug-likeness (QED) is 0.298. The molecular weight excluding hydrogens is 646 g/mol. The van der Waals surface area contributed by atoms with Crippen LogP contribution in [0, 0.1) is 12.7 Å². The molecule has 49 heavy (non-hydrogen) atoms. The number of amides is 2. The number of alkyl halides is 3. The number of aromatic nitrogens is 3. The minimum atomic E-state index is -4.58. The monoisotopic (exact) mass is 681 g/mol. The van der Waals surface area contributed by atoms with Crippen molar-refractivity contribution in [2.45, 2.75) is 82.2 Å². The van der Waals surface area contributed by atoms with E-state index in [1.54, 1.807) is 6.92 Å². The first-order chi connectivity index (χ1) is 23.3. The van der Waals surface area contributed by atoms with Crippen molar-refractivity contribution in [2.24, 2.45) is 10.7 Å². The fraction of sp³-hybridized carbons (Fsp3) is 0.471. The molecule has 0 radical (unpaired) electrons. The number of carbonyl (C=O) groups excluding carboxylic acids is 2. The predicted octanol–water partition coefficient (Wildman–Crippen LogP) is 4.51. The minimum absolute atomic E-state index is 0.0611. The summed E-state index contributed by atoms with van der Waals surface area (Å²) in [6.45, 7) is 2.46. The molecule has 3 fully saturated rings. The van der Waals surface area contributed by atoms with Crippen LogP contribution in [0.1, 0.15) is 78.5 Å². The Morgan fingerprint density at radius 1 is 1.10 bits per heavy atom. The van der Waals surface area contributed by atoms with E-state index in [4.69, 9.17) is 20.2 Å². The Morgan fingerprint density at radius 3 is 2.47 bits per heavy atom.